The van der Waals surface area contributed by atoms with E-state index in [1.165, 1.54) is 5.69 Å². The first-order valence-corrected chi connectivity index (χ1v) is 8.05. The number of likely N-dealkylation sites (tertiary alicyclic amines) is 1. The van der Waals surface area contributed by atoms with Gasteiger partial charge in [-0.3, -0.25) is 4.79 Å². The smallest absolute Gasteiger partial charge is 0.253 e. The lowest BCUT2D eigenvalue weighted by Crippen LogP contribution is -2.42. The molecule has 1 aliphatic rings. The number of nitrogens with zero attached hydrogens (tertiary/aromatic N) is 2. The van der Waals surface area contributed by atoms with Gasteiger partial charge in [-0.15, -0.1) is 24.8 Å². The zero-order valence-electron chi connectivity index (χ0n) is 14.0. The molecular weight excluding hydrogens is 333 g/mol. The summed E-state index contributed by atoms with van der Waals surface area (Å²) in [6.07, 6.45) is 2.94. The number of rotatable bonds is 5. The second-order valence-corrected chi connectivity index (χ2v) is 5.76. The van der Waals surface area contributed by atoms with Gasteiger partial charge in [-0.1, -0.05) is 6.92 Å². The standard InChI is InChI=1S/C17H27N3O.2ClH/c1-3-11-19(4-2)16-7-5-14(6-8-16)17(21)20-12-9-15(18)10-13-20;;/h5-8,15H,3-4,9-13,18H2,1-2H3;2*1H. The van der Waals surface area contributed by atoms with Crippen molar-refractivity contribution >= 4 is 36.4 Å². The molecule has 1 fully saturated rings. The van der Waals surface area contributed by atoms with E-state index >= 15 is 0 Å². The summed E-state index contributed by atoms with van der Waals surface area (Å²) in [5, 5.41) is 0. The summed E-state index contributed by atoms with van der Waals surface area (Å²) in [5.74, 6) is 0.131. The van der Waals surface area contributed by atoms with Crippen LogP contribution < -0.4 is 10.6 Å². The molecule has 0 bridgehead atoms. The van der Waals surface area contributed by atoms with Gasteiger partial charge in [0.05, 0.1) is 0 Å². The first-order valence-electron chi connectivity index (χ1n) is 8.05. The highest BCUT2D eigenvalue weighted by molar-refractivity contribution is 5.94. The molecule has 0 aliphatic carbocycles. The highest BCUT2D eigenvalue weighted by Gasteiger charge is 2.21. The van der Waals surface area contributed by atoms with Crippen molar-refractivity contribution in [2.45, 2.75) is 39.2 Å². The molecule has 2 rings (SSSR count). The Bertz CT molecular complexity index is 459. The molecule has 132 valence electrons. The average molecular weight is 362 g/mol. The Morgan fingerprint density at radius 3 is 2.22 bits per heavy atom. The van der Waals surface area contributed by atoms with Crippen LogP contribution in [0.3, 0.4) is 0 Å². The predicted octanol–water partition coefficient (Wildman–Crippen LogP) is 3.33. The maximum Gasteiger partial charge on any atom is 0.253 e. The Hall–Kier alpha value is -0.970. The molecule has 0 aromatic heterocycles. The van der Waals surface area contributed by atoms with E-state index in [0.29, 0.717) is 0 Å². The molecule has 1 aliphatic heterocycles. The molecule has 0 unspecified atom stereocenters. The minimum Gasteiger partial charge on any atom is -0.372 e. The van der Waals surface area contributed by atoms with Crippen LogP contribution in [0.4, 0.5) is 5.69 Å². The first-order chi connectivity index (χ1) is 10.2. The molecular formula is C17H29Cl2N3O. The van der Waals surface area contributed by atoms with Crippen LogP contribution in [0.2, 0.25) is 0 Å². The molecule has 0 radical (unpaired) electrons. The van der Waals surface area contributed by atoms with Gasteiger partial charge in [-0.2, -0.15) is 0 Å². The lowest BCUT2D eigenvalue weighted by Gasteiger charge is -2.30. The van der Waals surface area contributed by atoms with Gasteiger partial charge >= 0.3 is 0 Å². The predicted molar refractivity (Wildman–Crippen MR) is 102 cm³/mol. The van der Waals surface area contributed by atoms with Gasteiger partial charge in [0, 0.05) is 43.5 Å². The molecule has 0 spiro atoms. The lowest BCUT2D eigenvalue weighted by molar-refractivity contribution is 0.0715. The molecule has 0 saturated carbocycles. The van der Waals surface area contributed by atoms with Gasteiger partial charge in [-0.05, 0) is 50.5 Å². The highest BCUT2D eigenvalue weighted by Crippen LogP contribution is 2.18. The molecule has 1 heterocycles. The third-order valence-electron chi connectivity index (χ3n) is 4.18. The van der Waals surface area contributed by atoms with E-state index < -0.39 is 0 Å². The highest BCUT2D eigenvalue weighted by atomic mass is 35.5. The summed E-state index contributed by atoms with van der Waals surface area (Å²) in [7, 11) is 0. The Balaban J connectivity index is 0.00000242. The lowest BCUT2D eigenvalue weighted by atomic mass is 10.0. The minimum absolute atomic E-state index is 0. The third-order valence-corrected chi connectivity index (χ3v) is 4.18. The number of nitrogens with two attached hydrogens (primary N) is 1. The van der Waals surface area contributed by atoms with Crippen molar-refractivity contribution in [3.05, 3.63) is 29.8 Å². The maximum absolute atomic E-state index is 12.5. The summed E-state index contributed by atoms with van der Waals surface area (Å²) < 4.78 is 0. The molecule has 1 saturated heterocycles. The van der Waals surface area contributed by atoms with Crippen molar-refractivity contribution in [2.75, 3.05) is 31.1 Å². The molecule has 2 N–H and O–H groups in total. The number of amides is 1. The molecule has 6 heteroatoms. The quantitative estimate of drug-likeness (QED) is 0.874. The molecule has 1 aromatic carbocycles. The second kappa shape index (κ2) is 10.7. The maximum atomic E-state index is 12.5. The van der Waals surface area contributed by atoms with Crippen LogP contribution in [0.1, 0.15) is 43.5 Å². The first kappa shape index (κ1) is 22.0. The number of hydrogen-bond donors (Lipinski definition) is 1. The second-order valence-electron chi connectivity index (χ2n) is 5.76. The molecule has 23 heavy (non-hydrogen) atoms. The summed E-state index contributed by atoms with van der Waals surface area (Å²) in [6, 6.07) is 8.27. The van der Waals surface area contributed by atoms with E-state index in [1.807, 2.05) is 17.0 Å². The van der Waals surface area contributed by atoms with Crippen LogP contribution in [-0.2, 0) is 0 Å². The summed E-state index contributed by atoms with van der Waals surface area (Å²) in [6.45, 7) is 7.93. The Morgan fingerprint density at radius 2 is 1.74 bits per heavy atom. The van der Waals surface area contributed by atoms with Crippen LogP contribution in [0.15, 0.2) is 24.3 Å². The normalized spacial score (nSPS) is 14.7. The van der Waals surface area contributed by atoms with E-state index in [9.17, 15) is 4.79 Å². The summed E-state index contributed by atoms with van der Waals surface area (Å²) in [5.41, 5.74) is 7.86. The SMILES string of the molecule is CCCN(CC)c1ccc(C(=O)N2CCC(N)CC2)cc1.Cl.Cl. The van der Waals surface area contributed by atoms with Gasteiger partial charge in [0.1, 0.15) is 0 Å². The topological polar surface area (TPSA) is 49.6 Å². The van der Waals surface area contributed by atoms with Crippen LogP contribution >= 0.6 is 24.8 Å². The van der Waals surface area contributed by atoms with Crippen molar-refractivity contribution in [2.24, 2.45) is 5.73 Å². The third kappa shape index (κ3) is 5.87. The Kier molecular flexibility index (Phi) is 10.3. The van der Waals surface area contributed by atoms with Crippen LogP contribution in [0.5, 0.6) is 0 Å². The van der Waals surface area contributed by atoms with E-state index in [2.05, 4.69) is 30.9 Å². The van der Waals surface area contributed by atoms with Gasteiger partial charge in [0.25, 0.3) is 5.91 Å². The fourth-order valence-electron chi connectivity index (χ4n) is 2.84. The van der Waals surface area contributed by atoms with Crippen molar-refractivity contribution in [3.63, 3.8) is 0 Å². The monoisotopic (exact) mass is 361 g/mol. The van der Waals surface area contributed by atoms with Crippen molar-refractivity contribution in [3.8, 4) is 0 Å². The van der Waals surface area contributed by atoms with Crippen molar-refractivity contribution in [1.29, 1.82) is 0 Å². The summed E-state index contributed by atoms with van der Waals surface area (Å²) >= 11 is 0. The number of hydrogen-bond acceptors (Lipinski definition) is 3. The van der Waals surface area contributed by atoms with Crippen LogP contribution in [-0.4, -0.2) is 43.0 Å². The van der Waals surface area contributed by atoms with E-state index in [-0.39, 0.29) is 36.8 Å². The minimum atomic E-state index is 0. The van der Waals surface area contributed by atoms with E-state index in [4.69, 9.17) is 5.73 Å². The van der Waals surface area contributed by atoms with Crippen LogP contribution in [0, 0.1) is 0 Å². The van der Waals surface area contributed by atoms with Crippen molar-refractivity contribution in [1.82, 2.24) is 4.90 Å². The number of benzene rings is 1. The zero-order valence-corrected chi connectivity index (χ0v) is 15.7. The largest absolute Gasteiger partial charge is 0.372 e. The van der Waals surface area contributed by atoms with Crippen LogP contribution in [0.25, 0.3) is 0 Å². The average Bonchev–Trinajstić information content (AvgIpc) is 2.53. The number of carbonyl (C=O) groups excluding carboxylic acids is 1. The van der Waals surface area contributed by atoms with E-state index in [1.54, 1.807) is 0 Å². The van der Waals surface area contributed by atoms with Crippen molar-refractivity contribution < 1.29 is 4.79 Å². The molecule has 4 nitrogen and oxygen atoms in total. The number of carbonyl (C=O) groups is 1. The van der Waals surface area contributed by atoms with Gasteiger partial charge < -0.3 is 15.5 Å². The molecule has 1 amide bonds. The Labute approximate surface area is 152 Å². The molecule has 1 aromatic rings. The number of halogens is 2. The zero-order chi connectivity index (χ0) is 15.2. The van der Waals surface area contributed by atoms with E-state index in [0.717, 1.165) is 51.0 Å². The summed E-state index contributed by atoms with van der Waals surface area (Å²) in [4.78, 5) is 16.7. The number of anilines is 1. The van der Waals surface area contributed by atoms with Gasteiger partial charge in [0.2, 0.25) is 0 Å². The fraction of sp³-hybridized carbons (Fsp3) is 0.588. The van der Waals surface area contributed by atoms with Gasteiger partial charge in [0.15, 0.2) is 0 Å². The number of piperidine rings is 1. The Morgan fingerprint density at radius 1 is 1.17 bits per heavy atom. The molecule has 0 atom stereocenters. The van der Waals surface area contributed by atoms with Gasteiger partial charge in [-0.25, -0.2) is 0 Å². The fourth-order valence-corrected chi connectivity index (χ4v) is 2.84.